The molecule has 21 heavy (non-hydrogen) atoms. The minimum Gasteiger partial charge on any atom is -0.326 e. The molecule has 1 aromatic heterocycles. The van der Waals surface area contributed by atoms with E-state index >= 15 is 0 Å². The summed E-state index contributed by atoms with van der Waals surface area (Å²) in [7, 11) is 0. The average molecular weight is 300 g/mol. The molecular formula is C18H24N2S. The number of hydrogen-bond donors (Lipinski definition) is 1. The van der Waals surface area contributed by atoms with Crippen molar-refractivity contribution in [2.45, 2.75) is 51.5 Å². The number of benzene rings is 1. The van der Waals surface area contributed by atoms with Gasteiger partial charge in [0, 0.05) is 23.4 Å². The maximum absolute atomic E-state index is 5.65. The second-order valence-corrected chi connectivity index (χ2v) is 7.00. The lowest BCUT2D eigenvalue weighted by molar-refractivity contribution is 0.314. The quantitative estimate of drug-likeness (QED) is 0.867. The Bertz CT molecular complexity index is 573. The van der Waals surface area contributed by atoms with E-state index in [1.54, 1.807) is 0 Å². The maximum atomic E-state index is 5.65. The Morgan fingerprint density at radius 3 is 2.76 bits per heavy atom. The first-order chi connectivity index (χ1) is 10.3. The summed E-state index contributed by atoms with van der Waals surface area (Å²) in [6.45, 7) is 2.92. The van der Waals surface area contributed by atoms with E-state index in [9.17, 15) is 0 Å². The number of nitrogens with two attached hydrogens (primary N) is 1. The fourth-order valence-electron chi connectivity index (χ4n) is 3.31. The van der Waals surface area contributed by atoms with Crippen LogP contribution in [-0.4, -0.2) is 4.98 Å². The van der Waals surface area contributed by atoms with Gasteiger partial charge < -0.3 is 5.73 Å². The molecule has 1 heterocycles. The Balaban J connectivity index is 1.76. The third-order valence-corrected chi connectivity index (χ3v) is 5.72. The van der Waals surface area contributed by atoms with Crippen LogP contribution in [0, 0.1) is 5.92 Å². The van der Waals surface area contributed by atoms with Gasteiger partial charge in [-0.2, -0.15) is 0 Å². The SMILES string of the molecule is CCC1CCCC(c2nc(-c3ccc(CN)cc3)cs2)C1. The first kappa shape index (κ1) is 14.7. The van der Waals surface area contributed by atoms with Gasteiger partial charge >= 0.3 is 0 Å². The molecule has 3 rings (SSSR count). The monoisotopic (exact) mass is 300 g/mol. The Morgan fingerprint density at radius 1 is 1.24 bits per heavy atom. The lowest BCUT2D eigenvalue weighted by Crippen LogP contribution is -2.13. The first-order valence-corrected chi connectivity index (χ1v) is 8.93. The Morgan fingerprint density at radius 2 is 2.05 bits per heavy atom. The summed E-state index contributed by atoms with van der Waals surface area (Å²) in [5.41, 5.74) is 9.15. The fraction of sp³-hybridized carbons (Fsp3) is 0.500. The molecule has 2 unspecified atom stereocenters. The van der Waals surface area contributed by atoms with Gasteiger partial charge in [-0.3, -0.25) is 0 Å². The topological polar surface area (TPSA) is 38.9 Å². The van der Waals surface area contributed by atoms with Crippen molar-refractivity contribution >= 4 is 11.3 Å². The van der Waals surface area contributed by atoms with Crippen LogP contribution in [0.25, 0.3) is 11.3 Å². The van der Waals surface area contributed by atoms with Crippen molar-refractivity contribution in [1.29, 1.82) is 0 Å². The second-order valence-electron chi connectivity index (χ2n) is 6.11. The highest BCUT2D eigenvalue weighted by Gasteiger charge is 2.24. The number of thiazole rings is 1. The molecule has 1 fully saturated rings. The van der Waals surface area contributed by atoms with E-state index in [2.05, 4.69) is 36.6 Å². The van der Waals surface area contributed by atoms with Gasteiger partial charge in [0.1, 0.15) is 0 Å². The largest absolute Gasteiger partial charge is 0.326 e. The third kappa shape index (κ3) is 3.35. The molecule has 0 bridgehead atoms. The highest BCUT2D eigenvalue weighted by Crippen LogP contribution is 2.39. The number of rotatable bonds is 4. The molecule has 2 N–H and O–H groups in total. The van der Waals surface area contributed by atoms with Gasteiger partial charge in [0.05, 0.1) is 10.7 Å². The van der Waals surface area contributed by atoms with Gasteiger partial charge in [-0.25, -0.2) is 4.98 Å². The predicted octanol–water partition coefficient (Wildman–Crippen LogP) is 4.95. The molecule has 112 valence electrons. The standard InChI is InChI=1S/C18H24N2S/c1-2-13-4-3-5-16(10-13)18-20-17(12-21-18)15-8-6-14(11-19)7-9-15/h6-9,12-13,16H,2-5,10-11,19H2,1H3. The van der Waals surface area contributed by atoms with E-state index in [0.717, 1.165) is 11.6 Å². The molecule has 1 aromatic carbocycles. The predicted molar refractivity (Wildman–Crippen MR) is 90.4 cm³/mol. The van der Waals surface area contributed by atoms with Crippen LogP contribution in [0.3, 0.4) is 0 Å². The molecule has 3 heteroatoms. The third-order valence-electron chi connectivity index (χ3n) is 4.72. The zero-order valence-corrected chi connectivity index (χ0v) is 13.5. The minimum atomic E-state index is 0.600. The first-order valence-electron chi connectivity index (χ1n) is 8.05. The summed E-state index contributed by atoms with van der Waals surface area (Å²) in [6.07, 6.45) is 6.73. The Labute approximate surface area is 131 Å². The smallest absolute Gasteiger partial charge is 0.0963 e. The summed E-state index contributed by atoms with van der Waals surface area (Å²) in [6, 6.07) is 8.47. The summed E-state index contributed by atoms with van der Waals surface area (Å²) < 4.78 is 0. The summed E-state index contributed by atoms with van der Waals surface area (Å²) in [4.78, 5) is 4.92. The van der Waals surface area contributed by atoms with Crippen LogP contribution < -0.4 is 5.73 Å². The van der Waals surface area contributed by atoms with E-state index in [1.165, 1.54) is 48.2 Å². The van der Waals surface area contributed by atoms with Crippen LogP contribution in [0.1, 0.15) is 55.5 Å². The Kier molecular flexibility index (Phi) is 4.71. The molecule has 1 aliphatic carbocycles. The normalized spacial score (nSPS) is 22.4. The van der Waals surface area contributed by atoms with Crippen LogP contribution in [-0.2, 0) is 6.54 Å². The lowest BCUT2D eigenvalue weighted by atomic mass is 9.80. The van der Waals surface area contributed by atoms with Crippen molar-refractivity contribution in [1.82, 2.24) is 4.98 Å². The number of nitrogens with zero attached hydrogens (tertiary/aromatic N) is 1. The molecule has 0 radical (unpaired) electrons. The molecule has 2 atom stereocenters. The molecule has 0 saturated heterocycles. The van der Waals surface area contributed by atoms with E-state index < -0.39 is 0 Å². The minimum absolute atomic E-state index is 0.600. The summed E-state index contributed by atoms with van der Waals surface area (Å²) >= 11 is 1.84. The highest BCUT2D eigenvalue weighted by atomic mass is 32.1. The zero-order chi connectivity index (χ0) is 14.7. The van der Waals surface area contributed by atoms with Crippen molar-refractivity contribution in [3.05, 3.63) is 40.2 Å². The Hall–Kier alpha value is -1.19. The van der Waals surface area contributed by atoms with Crippen molar-refractivity contribution in [3.8, 4) is 11.3 Å². The van der Waals surface area contributed by atoms with Gasteiger partial charge in [-0.1, -0.05) is 50.5 Å². The molecule has 0 amide bonds. The fourth-order valence-corrected chi connectivity index (χ4v) is 4.28. The van der Waals surface area contributed by atoms with Crippen LogP contribution in [0.4, 0.5) is 0 Å². The van der Waals surface area contributed by atoms with E-state index in [1.807, 2.05) is 11.3 Å². The van der Waals surface area contributed by atoms with Gasteiger partial charge in [-0.05, 0) is 24.3 Å². The molecule has 2 nitrogen and oxygen atoms in total. The summed E-state index contributed by atoms with van der Waals surface area (Å²) in [5.74, 6) is 1.59. The van der Waals surface area contributed by atoms with Gasteiger partial charge in [0.15, 0.2) is 0 Å². The van der Waals surface area contributed by atoms with E-state index in [-0.39, 0.29) is 0 Å². The van der Waals surface area contributed by atoms with Crippen molar-refractivity contribution in [2.75, 3.05) is 0 Å². The van der Waals surface area contributed by atoms with Crippen molar-refractivity contribution in [2.24, 2.45) is 11.7 Å². The van der Waals surface area contributed by atoms with Gasteiger partial charge in [0.2, 0.25) is 0 Å². The molecule has 1 saturated carbocycles. The van der Waals surface area contributed by atoms with E-state index in [0.29, 0.717) is 12.5 Å². The van der Waals surface area contributed by atoms with Gasteiger partial charge in [-0.15, -0.1) is 11.3 Å². The highest BCUT2D eigenvalue weighted by molar-refractivity contribution is 7.10. The van der Waals surface area contributed by atoms with Crippen LogP contribution in [0.5, 0.6) is 0 Å². The number of aromatic nitrogens is 1. The lowest BCUT2D eigenvalue weighted by Gasteiger charge is -2.26. The molecule has 0 spiro atoms. The van der Waals surface area contributed by atoms with E-state index in [4.69, 9.17) is 10.7 Å². The second kappa shape index (κ2) is 6.71. The molecular weight excluding hydrogens is 276 g/mol. The van der Waals surface area contributed by atoms with Gasteiger partial charge in [0.25, 0.3) is 0 Å². The van der Waals surface area contributed by atoms with Crippen LogP contribution in [0.2, 0.25) is 0 Å². The summed E-state index contributed by atoms with van der Waals surface area (Å²) in [5, 5.41) is 3.55. The molecule has 2 aromatic rings. The van der Waals surface area contributed by atoms with Crippen LogP contribution >= 0.6 is 11.3 Å². The van der Waals surface area contributed by atoms with Crippen molar-refractivity contribution < 1.29 is 0 Å². The number of hydrogen-bond acceptors (Lipinski definition) is 3. The zero-order valence-electron chi connectivity index (χ0n) is 12.7. The van der Waals surface area contributed by atoms with Crippen LogP contribution in [0.15, 0.2) is 29.6 Å². The maximum Gasteiger partial charge on any atom is 0.0963 e. The molecule has 0 aliphatic heterocycles. The molecule has 1 aliphatic rings. The average Bonchev–Trinajstić information content (AvgIpc) is 3.05. The van der Waals surface area contributed by atoms with Crippen molar-refractivity contribution in [3.63, 3.8) is 0 Å².